The molecule has 1 atom stereocenters. The molecule has 2 aromatic rings. The third-order valence-electron chi connectivity index (χ3n) is 4.40. The number of oxazole rings is 1. The Kier molecular flexibility index (Phi) is 4.85. The van der Waals surface area contributed by atoms with Crippen molar-refractivity contribution >= 4 is 11.7 Å². The van der Waals surface area contributed by atoms with E-state index < -0.39 is 0 Å². The van der Waals surface area contributed by atoms with Gasteiger partial charge in [0.2, 0.25) is 5.89 Å². The SMILES string of the molecule is Cc1coc(-c2cc(NC(=O)N3CCCC(CO)C3)ccc2C)n1. The molecule has 2 heterocycles. The molecule has 6 nitrogen and oxygen atoms in total. The topological polar surface area (TPSA) is 78.6 Å². The summed E-state index contributed by atoms with van der Waals surface area (Å²) in [5, 5.41) is 12.2. The van der Waals surface area contributed by atoms with E-state index >= 15 is 0 Å². The number of aryl methyl sites for hydroxylation is 2. The number of urea groups is 1. The number of hydrogen-bond acceptors (Lipinski definition) is 4. The Morgan fingerprint density at radius 1 is 1.46 bits per heavy atom. The highest BCUT2D eigenvalue weighted by Crippen LogP contribution is 2.26. The van der Waals surface area contributed by atoms with Crippen LogP contribution in [-0.2, 0) is 0 Å². The summed E-state index contributed by atoms with van der Waals surface area (Å²) < 4.78 is 5.47. The van der Waals surface area contributed by atoms with Gasteiger partial charge in [0, 0.05) is 30.9 Å². The van der Waals surface area contributed by atoms with E-state index in [9.17, 15) is 9.90 Å². The Morgan fingerprint density at radius 2 is 2.29 bits per heavy atom. The summed E-state index contributed by atoms with van der Waals surface area (Å²) in [7, 11) is 0. The number of piperidine rings is 1. The largest absolute Gasteiger partial charge is 0.444 e. The van der Waals surface area contributed by atoms with Crippen molar-refractivity contribution < 1.29 is 14.3 Å². The van der Waals surface area contributed by atoms with E-state index in [0.29, 0.717) is 18.1 Å². The van der Waals surface area contributed by atoms with Crippen LogP contribution in [0.1, 0.15) is 24.1 Å². The van der Waals surface area contributed by atoms with Crippen LogP contribution < -0.4 is 5.32 Å². The molecule has 2 amide bonds. The summed E-state index contributed by atoms with van der Waals surface area (Å²) in [6.07, 6.45) is 3.51. The molecule has 0 spiro atoms. The van der Waals surface area contributed by atoms with E-state index in [1.54, 1.807) is 11.2 Å². The molecule has 1 unspecified atom stereocenters. The van der Waals surface area contributed by atoms with Crippen molar-refractivity contribution in [1.29, 1.82) is 0 Å². The predicted octanol–water partition coefficient (Wildman–Crippen LogP) is 3.19. The van der Waals surface area contributed by atoms with Crippen LogP contribution in [0, 0.1) is 19.8 Å². The number of carbonyl (C=O) groups is 1. The quantitative estimate of drug-likeness (QED) is 0.906. The van der Waals surface area contributed by atoms with Gasteiger partial charge in [0.05, 0.1) is 5.69 Å². The molecule has 0 aliphatic carbocycles. The number of aliphatic hydroxyl groups excluding tert-OH is 1. The van der Waals surface area contributed by atoms with Crippen molar-refractivity contribution in [1.82, 2.24) is 9.88 Å². The van der Waals surface area contributed by atoms with Crippen LogP contribution in [0.3, 0.4) is 0 Å². The number of nitrogens with zero attached hydrogens (tertiary/aromatic N) is 2. The smallest absolute Gasteiger partial charge is 0.321 e. The summed E-state index contributed by atoms with van der Waals surface area (Å²) in [4.78, 5) is 18.6. The average molecular weight is 329 g/mol. The van der Waals surface area contributed by atoms with E-state index in [1.165, 1.54) is 0 Å². The molecule has 128 valence electrons. The van der Waals surface area contributed by atoms with Crippen LogP contribution in [0.5, 0.6) is 0 Å². The zero-order valence-corrected chi connectivity index (χ0v) is 14.1. The van der Waals surface area contributed by atoms with E-state index in [1.807, 2.05) is 32.0 Å². The van der Waals surface area contributed by atoms with Crippen LogP contribution >= 0.6 is 0 Å². The molecule has 1 aromatic heterocycles. The van der Waals surface area contributed by atoms with E-state index in [-0.39, 0.29) is 18.6 Å². The van der Waals surface area contributed by atoms with Crippen molar-refractivity contribution in [2.45, 2.75) is 26.7 Å². The van der Waals surface area contributed by atoms with E-state index in [0.717, 1.165) is 36.2 Å². The Morgan fingerprint density at radius 3 is 3.00 bits per heavy atom. The molecule has 0 bridgehead atoms. The van der Waals surface area contributed by atoms with Gasteiger partial charge in [-0.05, 0) is 50.3 Å². The lowest BCUT2D eigenvalue weighted by atomic mass is 9.99. The number of likely N-dealkylation sites (tertiary alicyclic amines) is 1. The Bertz CT molecular complexity index is 726. The normalized spacial score (nSPS) is 17.8. The highest BCUT2D eigenvalue weighted by molar-refractivity contribution is 5.90. The molecular weight excluding hydrogens is 306 g/mol. The fourth-order valence-corrected chi connectivity index (χ4v) is 3.01. The number of rotatable bonds is 3. The molecule has 1 aliphatic heterocycles. The van der Waals surface area contributed by atoms with Gasteiger partial charge in [-0.1, -0.05) is 6.07 Å². The van der Waals surface area contributed by atoms with Crippen LogP contribution in [0.15, 0.2) is 28.9 Å². The second kappa shape index (κ2) is 7.05. The van der Waals surface area contributed by atoms with Gasteiger partial charge < -0.3 is 19.7 Å². The highest BCUT2D eigenvalue weighted by atomic mass is 16.3. The van der Waals surface area contributed by atoms with Crippen LogP contribution in [0.4, 0.5) is 10.5 Å². The lowest BCUT2D eigenvalue weighted by Gasteiger charge is -2.31. The maximum Gasteiger partial charge on any atom is 0.321 e. The number of aromatic nitrogens is 1. The second-order valence-corrected chi connectivity index (χ2v) is 6.39. The molecule has 0 saturated carbocycles. The number of anilines is 1. The minimum atomic E-state index is -0.133. The monoisotopic (exact) mass is 329 g/mol. The molecule has 1 aromatic carbocycles. The molecule has 1 fully saturated rings. The van der Waals surface area contributed by atoms with Crippen molar-refractivity contribution in [3.05, 3.63) is 35.7 Å². The number of aliphatic hydroxyl groups is 1. The van der Waals surface area contributed by atoms with Crippen LogP contribution in [0.2, 0.25) is 0 Å². The van der Waals surface area contributed by atoms with Gasteiger partial charge in [-0.15, -0.1) is 0 Å². The fraction of sp³-hybridized carbons (Fsp3) is 0.444. The molecular formula is C18H23N3O3. The maximum atomic E-state index is 12.5. The number of hydrogen-bond donors (Lipinski definition) is 2. The summed E-state index contributed by atoms with van der Waals surface area (Å²) in [6, 6.07) is 5.56. The van der Waals surface area contributed by atoms with E-state index in [4.69, 9.17) is 4.42 Å². The molecule has 1 saturated heterocycles. The molecule has 1 aliphatic rings. The molecule has 0 radical (unpaired) electrons. The first-order valence-corrected chi connectivity index (χ1v) is 8.26. The first-order chi connectivity index (χ1) is 11.6. The second-order valence-electron chi connectivity index (χ2n) is 6.39. The van der Waals surface area contributed by atoms with E-state index in [2.05, 4.69) is 10.3 Å². The number of amides is 2. The lowest BCUT2D eigenvalue weighted by Crippen LogP contribution is -2.43. The minimum absolute atomic E-state index is 0.127. The molecule has 6 heteroatoms. The van der Waals surface area contributed by atoms with Crippen molar-refractivity contribution in [3.8, 4) is 11.5 Å². The Hall–Kier alpha value is -2.34. The summed E-state index contributed by atoms with van der Waals surface area (Å²) in [5.41, 5.74) is 3.44. The number of carbonyl (C=O) groups excluding carboxylic acids is 1. The third-order valence-corrected chi connectivity index (χ3v) is 4.40. The predicted molar refractivity (Wildman–Crippen MR) is 91.8 cm³/mol. The first-order valence-electron chi connectivity index (χ1n) is 8.26. The summed E-state index contributed by atoms with van der Waals surface area (Å²) in [5.74, 6) is 0.729. The first kappa shape index (κ1) is 16.5. The molecule has 24 heavy (non-hydrogen) atoms. The van der Waals surface area contributed by atoms with Crippen molar-refractivity contribution in [3.63, 3.8) is 0 Å². The minimum Gasteiger partial charge on any atom is -0.444 e. The van der Waals surface area contributed by atoms with Gasteiger partial charge in [-0.2, -0.15) is 0 Å². The Labute approximate surface area is 141 Å². The lowest BCUT2D eigenvalue weighted by molar-refractivity contribution is 0.136. The zero-order valence-electron chi connectivity index (χ0n) is 14.1. The highest BCUT2D eigenvalue weighted by Gasteiger charge is 2.23. The maximum absolute atomic E-state index is 12.5. The van der Waals surface area contributed by atoms with Gasteiger partial charge in [0.1, 0.15) is 6.26 Å². The van der Waals surface area contributed by atoms with Gasteiger partial charge in [-0.3, -0.25) is 0 Å². The fourth-order valence-electron chi connectivity index (χ4n) is 3.01. The van der Waals surface area contributed by atoms with Crippen LogP contribution in [0.25, 0.3) is 11.5 Å². The number of benzene rings is 1. The van der Waals surface area contributed by atoms with Gasteiger partial charge in [-0.25, -0.2) is 9.78 Å². The van der Waals surface area contributed by atoms with Gasteiger partial charge >= 0.3 is 6.03 Å². The standard InChI is InChI=1S/C18H23N3O3/c1-12-5-6-15(8-16(12)17-19-13(2)11-24-17)20-18(23)21-7-3-4-14(9-21)10-22/h5-6,8,11,14,22H,3-4,7,9-10H2,1-2H3,(H,20,23). The molecule has 3 rings (SSSR count). The third kappa shape index (κ3) is 3.59. The van der Waals surface area contributed by atoms with Crippen molar-refractivity contribution in [2.24, 2.45) is 5.92 Å². The summed E-state index contributed by atoms with van der Waals surface area (Å²) in [6.45, 7) is 5.31. The molecule has 2 N–H and O–H groups in total. The Balaban J connectivity index is 1.74. The van der Waals surface area contributed by atoms with Crippen molar-refractivity contribution in [2.75, 3.05) is 25.0 Å². The average Bonchev–Trinajstić information content (AvgIpc) is 3.03. The van der Waals surface area contributed by atoms with Crippen LogP contribution in [-0.4, -0.2) is 40.7 Å². The van der Waals surface area contributed by atoms with Gasteiger partial charge in [0.15, 0.2) is 0 Å². The number of nitrogens with one attached hydrogen (secondary N) is 1. The summed E-state index contributed by atoms with van der Waals surface area (Å²) >= 11 is 0. The van der Waals surface area contributed by atoms with Gasteiger partial charge in [0.25, 0.3) is 0 Å². The zero-order chi connectivity index (χ0) is 17.1.